The average Bonchev–Trinajstić information content (AvgIpc) is 2.70. The molecular formula is C26H36N2O2. The number of aryl methyl sites for hydroxylation is 2. The van der Waals surface area contributed by atoms with Crippen molar-refractivity contribution in [1.29, 1.82) is 0 Å². The van der Waals surface area contributed by atoms with Crippen LogP contribution in [0.15, 0.2) is 48.5 Å². The van der Waals surface area contributed by atoms with Crippen LogP contribution in [0.3, 0.4) is 0 Å². The maximum Gasteiger partial charge on any atom is 0.243 e. The van der Waals surface area contributed by atoms with Gasteiger partial charge in [-0.2, -0.15) is 0 Å². The van der Waals surface area contributed by atoms with Crippen LogP contribution in [-0.2, 0) is 22.4 Å². The van der Waals surface area contributed by atoms with Gasteiger partial charge >= 0.3 is 0 Å². The highest BCUT2D eigenvalue weighted by atomic mass is 16.2. The number of benzene rings is 2. The summed E-state index contributed by atoms with van der Waals surface area (Å²) in [6.07, 6.45) is 2.50. The van der Waals surface area contributed by atoms with Crippen LogP contribution in [0.2, 0.25) is 0 Å². The normalized spacial score (nSPS) is 12.8. The van der Waals surface area contributed by atoms with Crippen molar-refractivity contribution in [2.75, 3.05) is 6.54 Å². The first-order valence-electron chi connectivity index (χ1n) is 11.0. The van der Waals surface area contributed by atoms with Gasteiger partial charge in [0.1, 0.15) is 6.04 Å². The molecular weight excluding hydrogens is 372 g/mol. The molecule has 4 nitrogen and oxygen atoms in total. The average molecular weight is 409 g/mol. The van der Waals surface area contributed by atoms with Crippen LogP contribution < -0.4 is 5.32 Å². The van der Waals surface area contributed by atoms with E-state index < -0.39 is 6.04 Å². The van der Waals surface area contributed by atoms with E-state index in [0.29, 0.717) is 19.4 Å². The summed E-state index contributed by atoms with van der Waals surface area (Å²) < 4.78 is 0. The predicted octanol–water partition coefficient (Wildman–Crippen LogP) is 4.61. The Morgan fingerprint density at radius 2 is 1.57 bits per heavy atom. The van der Waals surface area contributed by atoms with Gasteiger partial charge in [0, 0.05) is 12.6 Å². The summed E-state index contributed by atoms with van der Waals surface area (Å²) in [7, 11) is 0. The molecule has 2 amide bonds. The van der Waals surface area contributed by atoms with Crippen molar-refractivity contribution < 1.29 is 9.59 Å². The van der Waals surface area contributed by atoms with E-state index in [4.69, 9.17) is 0 Å². The number of amides is 2. The van der Waals surface area contributed by atoms with Crippen molar-refractivity contribution in [2.24, 2.45) is 0 Å². The van der Waals surface area contributed by atoms with Gasteiger partial charge in [0.25, 0.3) is 0 Å². The Hall–Kier alpha value is -2.62. The number of rotatable bonds is 10. The van der Waals surface area contributed by atoms with Gasteiger partial charge in [0.15, 0.2) is 0 Å². The third-order valence-electron chi connectivity index (χ3n) is 5.51. The Morgan fingerprint density at radius 1 is 0.933 bits per heavy atom. The number of carbonyl (C=O) groups excluding carboxylic acids is 2. The van der Waals surface area contributed by atoms with Crippen LogP contribution >= 0.6 is 0 Å². The minimum Gasteiger partial charge on any atom is -0.352 e. The fraction of sp³-hybridized carbons (Fsp3) is 0.462. The second kappa shape index (κ2) is 11.5. The molecule has 0 saturated heterocycles. The monoisotopic (exact) mass is 408 g/mol. The molecule has 0 aliphatic rings. The number of nitrogens with one attached hydrogen (secondary N) is 1. The zero-order valence-corrected chi connectivity index (χ0v) is 19.1. The molecule has 162 valence electrons. The molecule has 0 spiro atoms. The smallest absolute Gasteiger partial charge is 0.243 e. The molecule has 0 bridgehead atoms. The van der Waals surface area contributed by atoms with Crippen molar-refractivity contribution in [1.82, 2.24) is 10.2 Å². The van der Waals surface area contributed by atoms with Crippen molar-refractivity contribution >= 4 is 11.8 Å². The van der Waals surface area contributed by atoms with E-state index in [1.807, 2.05) is 52.8 Å². The second-order valence-electron chi connectivity index (χ2n) is 8.24. The first kappa shape index (κ1) is 23.7. The summed E-state index contributed by atoms with van der Waals surface area (Å²) in [5.74, 6) is -0.0595. The van der Waals surface area contributed by atoms with Crippen LogP contribution in [0.4, 0.5) is 0 Å². The molecule has 1 N–H and O–H groups in total. The first-order chi connectivity index (χ1) is 14.3. The number of hydrogen-bond donors (Lipinski definition) is 1. The highest BCUT2D eigenvalue weighted by molar-refractivity contribution is 5.88. The largest absolute Gasteiger partial charge is 0.352 e. The Morgan fingerprint density at radius 3 is 2.13 bits per heavy atom. The topological polar surface area (TPSA) is 49.4 Å². The van der Waals surface area contributed by atoms with Crippen molar-refractivity contribution in [3.8, 4) is 0 Å². The van der Waals surface area contributed by atoms with E-state index in [-0.39, 0.29) is 17.9 Å². The Balaban J connectivity index is 2.23. The summed E-state index contributed by atoms with van der Waals surface area (Å²) in [6.45, 7) is 10.6. The van der Waals surface area contributed by atoms with Crippen LogP contribution in [0.5, 0.6) is 0 Å². The Bertz CT molecular complexity index is 812. The number of nitrogens with zero attached hydrogens (tertiary/aromatic N) is 1. The molecule has 0 heterocycles. The van der Waals surface area contributed by atoms with E-state index >= 15 is 0 Å². The zero-order chi connectivity index (χ0) is 22.1. The SMILES string of the molecule is CC[C@@H](C)NC(=O)[C@H](CC)N(CCc1ccccc1)C(=O)Cc1cc(C)cc(C)c1. The third-order valence-corrected chi connectivity index (χ3v) is 5.51. The lowest BCUT2D eigenvalue weighted by atomic mass is 10.0. The molecule has 2 atom stereocenters. The minimum absolute atomic E-state index is 0.00193. The van der Waals surface area contributed by atoms with E-state index in [1.54, 1.807) is 4.90 Å². The summed E-state index contributed by atoms with van der Waals surface area (Å²) in [4.78, 5) is 28.1. The lowest BCUT2D eigenvalue weighted by Gasteiger charge is -2.31. The summed E-state index contributed by atoms with van der Waals surface area (Å²) in [6, 6.07) is 16.0. The highest BCUT2D eigenvalue weighted by Gasteiger charge is 2.28. The van der Waals surface area contributed by atoms with Crippen molar-refractivity contribution in [3.05, 3.63) is 70.8 Å². The first-order valence-corrected chi connectivity index (χ1v) is 11.0. The third kappa shape index (κ3) is 7.01. The van der Waals surface area contributed by atoms with Crippen LogP contribution in [-0.4, -0.2) is 35.3 Å². The molecule has 4 heteroatoms. The van der Waals surface area contributed by atoms with Crippen molar-refractivity contribution in [2.45, 2.75) is 72.4 Å². The number of hydrogen-bond acceptors (Lipinski definition) is 2. The quantitative estimate of drug-likeness (QED) is 0.624. The maximum absolute atomic E-state index is 13.4. The van der Waals surface area contributed by atoms with Gasteiger partial charge in [-0.25, -0.2) is 0 Å². The lowest BCUT2D eigenvalue weighted by Crippen LogP contribution is -2.52. The molecule has 0 fully saturated rings. The molecule has 0 aliphatic carbocycles. The molecule has 0 saturated carbocycles. The molecule has 0 radical (unpaired) electrons. The standard InChI is InChI=1S/C26H36N2O2/c1-6-21(5)27-26(30)24(7-2)28(14-13-22-11-9-8-10-12-22)25(29)18-23-16-19(3)15-20(4)17-23/h8-12,15-17,21,24H,6-7,13-14,18H2,1-5H3,(H,27,30)/t21-,24+/m1/s1. The van der Waals surface area contributed by atoms with Gasteiger partial charge in [-0.15, -0.1) is 0 Å². The Kier molecular flexibility index (Phi) is 9.10. The van der Waals surface area contributed by atoms with Gasteiger partial charge in [0.05, 0.1) is 6.42 Å². The highest BCUT2D eigenvalue weighted by Crippen LogP contribution is 2.15. The maximum atomic E-state index is 13.4. The molecule has 0 aromatic heterocycles. The minimum atomic E-state index is -0.457. The number of carbonyl (C=O) groups is 2. The molecule has 0 aliphatic heterocycles. The van der Waals surface area contributed by atoms with E-state index in [1.165, 1.54) is 5.56 Å². The fourth-order valence-corrected chi connectivity index (χ4v) is 3.78. The second-order valence-corrected chi connectivity index (χ2v) is 8.24. The molecule has 2 aromatic rings. The predicted molar refractivity (Wildman–Crippen MR) is 123 cm³/mol. The van der Waals surface area contributed by atoms with E-state index in [0.717, 1.165) is 29.5 Å². The van der Waals surface area contributed by atoms with E-state index in [9.17, 15) is 9.59 Å². The molecule has 30 heavy (non-hydrogen) atoms. The van der Waals surface area contributed by atoms with Crippen LogP contribution in [0.1, 0.15) is 55.9 Å². The molecule has 2 aromatic carbocycles. The zero-order valence-electron chi connectivity index (χ0n) is 19.1. The lowest BCUT2D eigenvalue weighted by molar-refractivity contribution is -0.140. The van der Waals surface area contributed by atoms with Crippen molar-refractivity contribution in [3.63, 3.8) is 0 Å². The molecule has 0 unspecified atom stereocenters. The van der Waals surface area contributed by atoms with E-state index in [2.05, 4.69) is 35.6 Å². The Labute approximate surface area is 181 Å². The fourth-order valence-electron chi connectivity index (χ4n) is 3.78. The summed E-state index contributed by atoms with van der Waals surface area (Å²) >= 11 is 0. The van der Waals surface area contributed by atoms with Gasteiger partial charge in [-0.05, 0) is 51.2 Å². The van der Waals surface area contributed by atoms with Gasteiger partial charge in [-0.1, -0.05) is 73.5 Å². The van der Waals surface area contributed by atoms with Gasteiger partial charge in [-0.3, -0.25) is 9.59 Å². The van der Waals surface area contributed by atoms with Gasteiger partial charge in [0.2, 0.25) is 11.8 Å². The van der Waals surface area contributed by atoms with Gasteiger partial charge < -0.3 is 10.2 Å². The van der Waals surface area contributed by atoms with Crippen LogP contribution in [0.25, 0.3) is 0 Å². The summed E-state index contributed by atoms with van der Waals surface area (Å²) in [5, 5.41) is 3.06. The summed E-state index contributed by atoms with van der Waals surface area (Å²) in [5.41, 5.74) is 4.46. The molecule has 2 rings (SSSR count). The van der Waals surface area contributed by atoms with Crippen LogP contribution in [0, 0.1) is 13.8 Å².